The SMILES string of the molecule is Fc1cccc(Cl)c1CN1CCC(Cl)CC1. The lowest BCUT2D eigenvalue weighted by atomic mass is 10.1. The van der Waals surface area contributed by atoms with Gasteiger partial charge in [-0.05, 0) is 38.1 Å². The number of benzene rings is 1. The maximum atomic E-state index is 13.5. The summed E-state index contributed by atoms with van der Waals surface area (Å²) in [5.74, 6) is -0.222. The quantitative estimate of drug-likeness (QED) is 0.735. The zero-order valence-corrected chi connectivity index (χ0v) is 10.4. The average molecular weight is 262 g/mol. The highest BCUT2D eigenvalue weighted by molar-refractivity contribution is 6.31. The van der Waals surface area contributed by atoms with Crippen LogP contribution in [0.15, 0.2) is 18.2 Å². The fraction of sp³-hybridized carbons (Fsp3) is 0.500. The number of rotatable bonds is 2. The summed E-state index contributed by atoms with van der Waals surface area (Å²) in [6.07, 6.45) is 1.93. The van der Waals surface area contributed by atoms with Gasteiger partial charge in [0.05, 0.1) is 0 Å². The van der Waals surface area contributed by atoms with Gasteiger partial charge >= 0.3 is 0 Å². The molecule has 0 aromatic heterocycles. The molecule has 1 aromatic rings. The zero-order valence-electron chi connectivity index (χ0n) is 8.93. The van der Waals surface area contributed by atoms with E-state index in [9.17, 15) is 4.39 Å². The topological polar surface area (TPSA) is 3.24 Å². The lowest BCUT2D eigenvalue weighted by molar-refractivity contribution is 0.221. The van der Waals surface area contributed by atoms with Gasteiger partial charge in [0.1, 0.15) is 5.82 Å². The molecule has 1 aromatic carbocycles. The first-order valence-electron chi connectivity index (χ1n) is 5.46. The van der Waals surface area contributed by atoms with Crippen molar-refractivity contribution in [1.82, 2.24) is 4.90 Å². The summed E-state index contributed by atoms with van der Waals surface area (Å²) in [7, 11) is 0. The van der Waals surface area contributed by atoms with Gasteiger partial charge in [-0.1, -0.05) is 17.7 Å². The molecule has 0 amide bonds. The van der Waals surface area contributed by atoms with Crippen LogP contribution in [-0.4, -0.2) is 23.4 Å². The van der Waals surface area contributed by atoms with Crippen molar-refractivity contribution in [2.24, 2.45) is 0 Å². The van der Waals surface area contributed by atoms with Gasteiger partial charge in [-0.2, -0.15) is 0 Å². The molecule has 0 N–H and O–H groups in total. The standard InChI is InChI=1S/C12H14Cl2FN/c13-9-4-6-16(7-5-9)8-10-11(14)2-1-3-12(10)15/h1-3,9H,4-8H2. The molecule has 1 nitrogen and oxygen atoms in total. The maximum Gasteiger partial charge on any atom is 0.129 e. The molecule has 88 valence electrons. The number of piperidine rings is 1. The van der Waals surface area contributed by atoms with E-state index < -0.39 is 0 Å². The van der Waals surface area contributed by atoms with E-state index in [0.717, 1.165) is 25.9 Å². The van der Waals surface area contributed by atoms with Crippen LogP contribution in [0.1, 0.15) is 18.4 Å². The first kappa shape index (κ1) is 12.2. The van der Waals surface area contributed by atoms with Crippen LogP contribution in [0.4, 0.5) is 4.39 Å². The summed E-state index contributed by atoms with van der Waals surface area (Å²) in [6.45, 7) is 2.41. The lowest BCUT2D eigenvalue weighted by Gasteiger charge is -2.29. The molecule has 1 aliphatic heterocycles. The number of halogens is 3. The van der Waals surface area contributed by atoms with Gasteiger partial charge in [0.25, 0.3) is 0 Å². The number of hydrogen-bond donors (Lipinski definition) is 0. The number of alkyl halides is 1. The van der Waals surface area contributed by atoms with Crippen LogP contribution in [0, 0.1) is 5.82 Å². The third-order valence-electron chi connectivity index (χ3n) is 2.96. The lowest BCUT2D eigenvalue weighted by Crippen LogP contribution is -2.33. The molecule has 0 spiro atoms. The first-order valence-corrected chi connectivity index (χ1v) is 6.27. The van der Waals surface area contributed by atoms with E-state index in [2.05, 4.69) is 4.90 Å². The fourth-order valence-corrected chi connectivity index (χ4v) is 2.38. The zero-order chi connectivity index (χ0) is 11.5. The van der Waals surface area contributed by atoms with Crippen molar-refractivity contribution in [3.05, 3.63) is 34.6 Å². The number of nitrogens with zero attached hydrogens (tertiary/aromatic N) is 1. The third kappa shape index (κ3) is 2.88. The van der Waals surface area contributed by atoms with Gasteiger partial charge in [-0.3, -0.25) is 4.90 Å². The van der Waals surface area contributed by atoms with Crippen molar-refractivity contribution >= 4 is 23.2 Å². The Morgan fingerprint density at radius 1 is 1.31 bits per heavy atom. The Bertz CT molecular complexity index is 342. The largest absolute Gasteiger partial charge is 0.299 e. The van der Waals surface area contributed by atoms with Crippen LogP contribution in [-0.2, 0) is 6.54 Å². The Labute approximate surface area is 105 Å². The van der Waals surface area contributed by atoms with Gasteiger partial charge in [0.15, 0.2) is 0 Å². The molecule has 0 aliphatic carbocycles. The van der Waals surface area contributed by atoms with Crippen LogP contribution in [0.3, 0.4) is 0 Å². The van der Waals surface area contributed by atoms with E-state index >= 15 is 0 Å². The minimum absolute atomic E-state index is 0.222. The van der Waals surface area contributed by atoms with Crippen molar-refractivity contribution in [3.63, 3.8) is 0 Å². The summed E-state index contributed by atoms with van der Waals surface area (Å²) >= 11 is 12.0. The van der Waals surface area contributed by atoms with E-state index in [0.29, 0.717) is 17.1 Å². The summed E-state index contributed by atoms with van der Waals surface area (Å²) in [6, 6.07) is 4.82. The molecule has 0 atom stereocenters. The molecule has 1 saturated heterocycles. The van der Waals surface area contributed by atoms with Gasteiger partial charge < -0.3 is 0 Å². The highest BCUT2D eigenvalue weighted by Crippen LogP contribution is 2.23. The molecule has 4 heteroatoms. The van der Waals surface area contributed by atoms with E-state index in [1.54, 1.807) is 12.1 Å². The Hall–Kier alpha value is -0.310. The fourth-order valence-electron chi connectivity index (χ4n) is 1.97. The Balaban J connectivity index is 2.04. The number of hydrogen-bond acceptors (Lipinski definition) is 1. The minimum Gasteiger partial charge on any atom is -0.299 e. The van der Waals surface area contributed by atoms with E-state index in [1.165, 1.54) is 6.07 Å². The normalized spacial score (nSPS) is 18.9. The third-order valence-corrected chi connectivity index (χ3v) is 3.75. The highest BCUT2D eigenvalue weighted by Gasteiger charge is 2.19. The number of likely N-dealkylation sites (tertiary alicyclic amines) is 1. The molecule has 1 heterocycles. The van der Waals surface area contributed by atoms with E-state index in [-0.39, 0.29) is 11.2 Å². The minimum atomic E-state index is -0.222. The molecule has 1 fully saturated rings. The van der Waals surface area contributed by atoms with E-state index in [4.69, 9.17) is 23.2 Å². The van der Waals surface area contributed by atoms with Gasteiger partial charge in [-0.25, -0.2) is 4.39 Å². The Morgan fingerprint density at radius 2 is 2.00 bits per heavy atom. The van der Waals surface area contributed by atoms with Crippen LogP contribution in [0.2, 0.25) is 5.02 Å². The second-order valence-electron chi connectivity index (χ2n) is 4.15. The average Bonchev–Trinajstić information content (AvgIpc) is 2.26. The van der Waals surface area contributed by atoms with Crippen molar-refractivity contribution in [2.45, 2.75) is 24.8 Å². The molecule has 0 bridgehead atoms. The van der Waals surface area contributed by atoms with Crippen LogP contribution in [0.25, 0.3) is 0 Å². The van der Waals surface area contributed by atoms with E-state index in [1.807, 2.05) is 0 Å². The molecular weight excluding hydrogens is 248 g/mol. The molecule has 1 aliphatic rings. The van der Waals surface area contributed by atoms with Crippen molar-refractivity contribution in [2.75, 3.05) is 13.1 Å². The van der Waals surface area contributed by atoms with Gasteiger partial charge in [0.2, 0.25) is 0 Å². The summed E-state index contributed by atoms with van der Waals surface area (Å²) in [4.78, 5) is 2.20. The van der Waals surface area contributed by atoms with Gasteiger partial charge in [-0.15, -0.1) is 11.6 Å². The predicted molar refractivity (Wildman–Crippen MR) is 65.6 cm³/mol. The molecule has 0 saturated carbocycles. The molecular formula is C12H14Cl2FN. The predicted octanol–water partition coefficient (Wildman–Crippen LogP) is 3.68. The summed E-state index contributed by atoms with van der Waals surface area (Å²) < 4.78 is 13.5. The van der Waals surface area contributed by atoms with Crippen molar-refractivity contribution < 1.29 is 4.39 Å². The Kier molecular flexibility index (Phi) is 4.06. The molecule has 0 unspecified atom stereocenters. The Morgan fingerprint density at radius 3 is 2.62 bits per heavy atom. The summed E-state index contributed by atoms with van der Waals surface area (Å²) in [5, 5.41) is 0.778. The second-order valence-corrected chi connectivity index (χ2v) is 5.18. The monoisotopic (exact) mass is 261 g/mol. The highest BCUT2D eigenvalue weighted by atomic mass is 35.5. The molecule has 0 radical (unpaired) electrons. The second kappa shape index (κ2) is 5.35. The van der Waals surface area contributed by atoms with Crippen molar-refractivity contribution in [1.29, 1.82) is 0 Å². The molecule has 2 rings (SSSR count). The van der Waals surface area contributed by atoms with Crippen LogP contribution < -0.4 is 0 Å². The smallest absolute Gasteiger partial charge is 0.129 e. The van der Waals surface area contributed by atoms with Crippen LogP contribution >= 0.6 is 23.2 Å². The first-order chi connectivity index (χ1) is 7.66. The molecule has 16 heavy (non-hydrogen) atoms. The maximum absolute atomic E-state index is 13.5. The summed E-state index contributed by atoms with van der Waals surface area (Å²) in [5.41, 5.74) is 0.595. The van der Waals surface area contributed by atoms with Crippen molar-refractivity contribution in [3.8, 4) is 0 Å². The van der Waals surface area contributed by atoms with Crippen LogP contribution in [0.5, 0.6) is 0 Å². The van der Waals surface area contributed by atoms with Gasteiger partial charge in [0, 0.05) is 22.5 Å².